The van der Waals surface area contributed by atoms with Gasteiger partial charge in [0.25, 0.3) is 11.8 Å². The van der Waals surface area contributed by atoms with Crippen molar-refractivity contribution in [3.63, 3.8) is 0 Å². The summed E-state index contributed by atoms with van der Waals surface area (Å²) >= 11 is 0. The van der Waals surface area contributed by atoms with Crippen molar-refractivity contribution in [2.24, 2.45) is 11.1 Å². The van der Waals surface area contributed by atoms with Crippen LogP contribution in [0.1, 0.15) is 60.3 Å². The van der Waals surface area contributed by atoms with Crippen LogP contribution in [0, 0.1) is 34.9 Å². The molecule has 0 spiro atoms. The fraction of sp³-hybridized carbons (Fsp3) is 0.306. The number of amides is 3. The minimum atomic E-state index is -0.989. The van der Waals surface area contributed by atoms with Gasteiger partial charge in [0, 0.05) is 17.4 Å². The van der Waals surface area contributed by atoms with E-state index in [4.69, 9.17) is 20.6 Å². The molecular weight excluding hydrogens is 601 g/mol. The maximum Gasteiger partial charge on any atom is 0.284 e. The Morgan fingerprint density at radius 2 is 1.85 bits per heavy atom. The van der Waals surface area contributed by atoms with Gasteiger partial charge in [0.15, 0.2) is 5.76 Å². The summed E-state index contributed by atoms with van der Waals surface area (Å²) in [5.74, 6) is -2.27. The van der Waals surface area contributed by atoms with Crippen molar-refractivity contribution in [1.29, 1.82) is 10.7 Å². The van der Waals surface area contributed by atoms with Crippen LogP contribution in [0.2, 0.25) is 0 Å². The normalized spacial score (nSPS) is 17.9. The highest BCUT2D eigenvalue weighted by atomic mass is 19.1. The number of hydrogen-bond donors (Lipinski definition) is 3. The third-order valence-corrected chi connectivity index (χ3v) is 8.00. The molecular formula is C36H38FN5O5. The van der Waals surface area contributed by atoms with E-state index in [-0.39, 0.29) is 29.4 Å². The summed E-state index contributed by atoms with van der Waals surface area (Å²) in [4.78, 5) is 40.5. The van der Waals surface area contributed by atoms with Gasteiger partial charge in [-0.1, -0.05) is 42.5 Å². The number of nitrogens with zero attached hydrogens (tertiary/aromatic N) is 2. The standard InChI is InChI=1S/C36H38FN5O5/c1-22-15-26(13-14-28(22)47-30(34(40)44)16-23(2)39)35(45)41-19-32(43)42-31(36(3,4)21-38)18-29(46-20-24-9-6-5-7-10-24)33(42)25-11-8-12-27(37)17-25/h5-17,29,31,33,39H,18-20H2,1-4H3,(H2,40,44)(H,41,45)/b30-16+,39-23?. The molecule has 0 aromatic heterocycles. The maximum atomic E-state index is 14.5. The van der Waals surface area contributed by atoms with E-state index in [1.54, 1.807) is 37.8 Å². The summed E-state index contributed by atoms with van der Waals surface area (Å²) in [6.07, 6.45) is 0.968. The Hall–Kier alpha value is -5.34. The molecule has 3 amide bonds. The highest BCUT2D eigenvalue weighted by molar-refractivity contribution is 6.00. The third-order valence-electron chi connectivity index (χ3n) is 8.00. The van der Waals surface area contributed by atoms with E-state index in [9.17, 15) is 24.0 Å². The lowest BCUT2D eigenvalue weighted by Crippen LogP contribution is -2.48. The number of nitrogens with two attached hydrogens (primary N) is 1. The average Bonchev–Trinajstić information content (AvgIpc) is 3.44. The Bertz CT molecular complexity index is 1730. The topological polar surface area (TPSA) is 159 Å². The summed E-state index contributed by atoms with van der Waals surface area (Å²) in [5.41, 5.74) is 6.64. The Labute approximate surface area is 273 Å². The molecule has 4 rings (SSSR count). The van der Waals surface area contributed by atoms with E-state index in [2.05, 4.69) is 11.4 Å². The third kappa shape index (κ3) is 8.48. The molecule has 244 valence electrons. The van der Waals surface area contributed by atoms with E-state index in [1.165, 1.54) is 43.3 Å². The number of rotatable bonds is 12. The van der Waals surface area contributed by atoms with Gasteiger partial charge in [-0.25, -0.2) is 4.39 Å². The van der Waals surface area contributed by atoms with E-state index in [1.807, 2.05) is 30.3 Å². The van der Waals surface area contributed by atoms with Crippen LogP contribution in [0.5, 0.6) is 5.75 Å². The molecule has 1 aliphatic rings. The highest BCUT2D eigenvalue weighted by Gasteiger charge is 2.51. The van der Waals surface area contributed by atoms with Crippen molar-refractivity contribution in [2.45, 2.75) is 58.9 Å². The molecule has 3 unspecified atom stereocenters. The quantitative estimate of drug-likeness (QED) is 0.142. The molecule has 4 N–H and O–H groups in total. The number of likely N-dealkylation sites (tertiary alicyclic amines) is 1. The molecule has 0 aliphatic carbocycles. The number of nitriles is 1. The predicted octanol–water partition coefficient (Wildman–Crippen LogP) is 5.13. The van der Waals surface area contributed by atoms with Crippen LogP contribution in [-0.2, 0) is 20.9 Å². The Balaban J connectivity index is 1.57. The van der Waals surface area contributed by atoms with Crippen molar-refractivity contribution >= 4 is 23.4 Å². The maximum absolute atomic E-state index is 14.5. The molecule has 47 heavy (non-hydrogen) atoms. The fourth-order valence-corrected chi connectivity index (χ4v) is 5.60. The number of carbonyl (C=O) groups is 3. The summed E-state index contributed by atoms with van der Waals surface area (Å²) in [6, 6.07) is 21.0. The summed E-state index contributed by atoms with van der Waals surface area (Å²) in [5, 5.41) is 20.3. The molecule has 11 heteroatoms. The second-order valence-electron chi connectivity index (χ2n) is 12.0. The van der Waals surface area contributed by atoms with Gasteiger partial charge in [0.05, 0.1) is 42.8 Å². The number of allylic oxidation sites excluding steroid dienone is 1. The Morgan fingerprint density at radius 1 is 1.13 bits per heavy atom. The van der Waals surface area contributed by atoms with Crippen LogP contribution in [0.3, 0.4) is 0 Å². The summed E-state index contributed by atoms with van der Waals surface area (Å²) in [6.45, 7) is 6.49. The first-order valence-corrected chi connectivity index (χ1v) is 15.1. The minimum Gasteiger partial charge on any atom is -0.451 e. The van der Waals surface area contributed by atoms with Crippen LogP contribution in [0.4, 0.5) is 4.39 Å². The van der Waals surface area contributed by atoms with Crippen LogP contribution in [-0.4, -0.2) is 47.0 Å². The predicted molar refractivity (Wildman–Crippen MR) is 174 cm³/mol. The molecule has 10 nitrogen and oxygen atoms in total. The van der Waals surface area contributed by atoms with Gasteiger partial charge >= 0.3 is 0 Å². The number of hydrogen-bond acceptors (Lipinski definition) is 7. The van der Waals surface area contributed by atoms with Gasteiger partial charge in [-0.15, -0.1) is 0 Å². The first-order valence-electron chi connectivity index (χ1n) is 15.1. The van der Waals surface area contributed by atoms with Crippen LogP contribution < -0.4 is 15.8 Å². The first-order chi connectivity index (χ1) is 22.3. The van der Waals surface area contributed by atoms with Crippen LogP contribution >= 0.6 is 0 Å². The molecule has 3 aromatic rings. The number of halogens is 1. The van der Waals surface area contributed by atoms with Crippen molar-refractivity contribution in [3.05, 3.63) is 113 Å². The second-order valence-corrected chi connectivity index (χ2v) is 12.0. The second kappa shape index (κ2) is 14.8. The van der Waals surface area contributed by atoms with Crippen molar-refractivity contribution in [3.8, 4) is 11.8 Å². The molecule has 1 heterocycles. The molecule has 0 saturated carbocycles. The van der Waals surface area contributed by atoms with E-state index < -0.39 is 53.7 Å². The fourth-order valence-electron chi connectivity index (χ4n) is 5.60. The van der Waals surface area contributed by atoms with Crippen molar-refractivity contribution in [2.75, 3.05) is 6.54 Å². The lowest BCUT2D eigenvalue weighted by atomic mass is 9.84. The zero-order valence-corrected chi connectivity index (χ0v) is 26.7. The zero-order chi connectivity index (χ0) is 34.3. The monoisotopic (exact) mass is 639 g/mol. The number of carbonyl (C=O) groups excluding carboxylic acids is 3. The molecule has 1 saturated heterocycles. The molecule has 3 atom stereocenters. The average molecular weight is 640 g/mol. The van der Waals surface area contributed by atoms with Gasteiger partial charge in [-0.3, -0.25) is 14.4 Å². The Morgan fingerprint density at radius 3 is 2.47 bits per heavy atom. The Kier molecular flexibility index (Phi) is 10.9. The van der Waals surface area contributed by atoms with Gasteiger partial charge in [-0.05, 0) is 81.1 Å². The number of benzene rings is 3. The highest BCUT2D eigenvalue weighted by Crippen LogP contribution is 2.45. The SMILES string of the molecule is CC(=N)/C=C(/Oc1ccc(C(=O)NCC(=O)N2C(c3cccc(F)c3)C(OCc3ccccc3)CC2C(C)(C)C#N)cc1C)C(N)=O. The van der Waals surface area contributed by atoms with E-state index in [0.29, 0.717) is 17.5 Å². The van der Waals surface area contributed by atoms with E-state index in [0.717, 1.165) is 5.56 Å². The number of ether oxygens (including phenoxy) is 2. The molecule has 0 bridgehead atoms. The van der Waals surface area contributed by atoms with Gasteiger partial charge < -0.3 is 30.8 Å². The first kappa shape index (κ1) is 34.5. The van der Waals surface area contributed by atoms with Gasteiger partial charge in [-0.2, -0.15) is 5.26 Å². The number of aryl methyl sites for hydroxylation is 1. The van der Waals surface area contributed by atoms with Gasteiger partial charge in [0.1, 0.15) is 11.6 Å². The smallest absolute Gasteiger partial charge is 0.284 e. The van der Waals surface area contributed by atoms with Crippen molar-refractivity contribution < 1.29 is 28.2 Å². The van der Waals surface area contributed by atoms with Crippen LogP contribution in [0.15, 0.2) is 84.6 Å². The number of primary amides is 1. The lowest BCUT2D eigenvalue weighted by Gasteiger charge is -2.36. The molecule has 1 fully saturated rings. The largest absolute Gasteiger partial charge is 0.451 e. The van der Waals surface area contributed by atoms with Gasteiger partial charge in [0.2, 0.25) is 5.91 Å². The lowest BCUT2D eigenvalue weighted by molar-refractivity contribution is -0.136. The zero-order valence-electron chi connectivity index (χ0n) is 26.7. The molecule has 3 aromatic carbocycles. The summed E-state index contributed by atoms with van der Waals surface area (Å²) in [7, 11) is 0. The van der Waals surface area contributed by atoms with E-state index >= 15 is 0 Å². The minimum absolute atomic E-state index is 0.0734. The molecule has 0 radical (unpaired) electrons. The van der Waals surface area contributed by atoms with Crippen LogP contribution in [0.25, 0.3) is 0 Å². The number of nitrogens with one attached hydrogen (secondary N) is 2. The van der Waals surface area contributed by atoms with Crippen molar-refractivity contribution in [1.82, 2.24) is 10.2 Å². The molecule has 1 aliphatic heterocycles. The summed E-state index contributed by atoms with van der Waals surface area (Å²) < 4.78 is 26.4.